The third-order valence-electron chi connectivity index (χ3n) is 3.30. The van der Waals surface area contributed by atoms with Crippen LogP contribution in [-0.4, -0.2) is 29.3 Å². The lowest BCUT2D eigenvalue weighted by atomic mass is 10.1. The summed E-state index contributed by atoms with van der Waals surface area (Å²) in [4.78, 5) is 25.6. The highest BCUT2D eigenvalue weighted by Gasteiger charge is 2.34. The maximum atomic E-state index is 12.0. The molecule has 0 bridgehead atoms. The first kappa shape index (κ1) is 14.9. The van der Waals surface area contributed by atoms with Crippen LogP contribution in [0.3, 0.4) is 0 Å². The van der Waals surface area contributed by atoms with Crippen LogP contribution in [0.25, 0.3) is 0 Å². The molecule has 108 valence electrons. The third kappa shape index (κ3) is 3.73. The van der Waals surface area contributed by atoms with E-state index < -0.39 is 0 Å². The van der Waals surface area contributed by atoms with Crippen LogP contribution in [0.5, 0.6) is 0 Å². The molecule has 1 unspecified atom stereocenters. The van der Waals surface area contributed by atoms with Gasteiger partial charge in [-0.3, -0.25) is 9.59 Å². The predicted octanol–water partition coefficient (Wildman–Crippen LogP) is 2.21. The van der Waals surface area contributed by atoms with Crippen molar-refractivity contribution in [3.63, 3.8) is 0 Å². The number of amides is 2. The average molecular weight is 295 g/mol. The Labute approximate surface area is 124 Å². The maximum absolute atomic E-state index is 12.0. The van der Waals surface area contributed by atoms with Crippen LogP contribution in [0, 0.1) is 5.92 Å². The molecule has 2 rings (SSSR count). The molecule has 1 N–H and O–H groups in total. The van der Waals surface area contributed by atoms with Crippen LogP contribution in [0.2, 0.25) is 5.02 Å². The summed E-state index contributed by atoms with van der Waals surface area (Å²) >= 11 is 5.84. The molecule has 1 aliphatic rings. The summed E-state index contributed by atoms with van der Waals surface area (Å²) < 4.78 is 0. The van der Waals surface area contributed by atoms with Gasteiger partial charge >= 0.3 is 0 Å². The van der Waals surface area contributed by atoms with E-state index in [9.17, 15) is 9.59 Å². The number of likely N-dealkylation sites (tertiary alicyclic amines) is 1. The molecule has 1 aliphatic heterocycles. The average Bonchev–Trinajstić information content (AvgIpc) is 2.73. The zero-order chi connectivity index (χ0) is 14.7. The second-order valence-electron chi connectivity index (χ2n) is 5.47. The molecule has 2 amide bonds. The van der Waals surface area contributed by atoms with E-state index in [-0.39, 0.29) is 23.8 Å². The minimum absolute atomic E-state index is 0.0313. The van der Waals surface area contributed by atoms with Crippen molar-refractivity contribution in [2.45, 2.75) is 32.9 Å². The second-order valence-corrected chi connectivity index (χ2v) is 5.90. The largest absolute Gasteiger partial charge is 0.354 e. The number of carbonyl (C=O) groups excluding carboxylic acids is 2. The molecule has 0 spiro atoms. The lowest BCUT2D eigenvalue weighted by Crippen LogP contribution is -2.36. The van der Waals surface area contributed by atoms with Crippen molar-refractivity contribution in [3.8, 4) is 0 Å². The number of rotatable bonds is 4. The van der Waals surface area contributed by atoms with E-state index in [1.54, 1.807) is 17.0 Å². The minimum Gasteiger partial charge on any atom is -0.354 e. The number of hydrogen-bond acceptors (Lipinski definition) is 2. The van der Waals surface area contributed by atoms with Crippen LogP contribution in [0.4, 0.5) is 0 Å². The van der Waals surface area contributed by atoms with Gasteiger partial charge < -0.3 is 10.2 Å². The predicted molar refractivity (Wildman–Crippen MR) is 78.3 cm³/mol. The van der Waals surface area contributed by atoms with Crippen molar-refractivity contribution in [2.75, 3.05) is 6.54 Å². The number of nitrogens with zero attached hydrogens (tertiary/aromatic N) is 1. The summed E-state index contributed by atoms with van der Waals surface area (Å²) in [6.45, 7) is 4.85. The SMILES string of the molecule is CC(C)NC(=O)C1CC(=O)N(Cc2ccc(Cl)cc2)C1. The molecule has 0 radical (unpaired) electrons. The highest BCUT2D eigenvalue weighted by atomic mass is 35.5. The highest BCUT2D eigenvalue weighted by Crippen LogP contribution is 2.21. The molecular weight excluding hydrogens is 276 g/mol. The molecule has 1 aromatic carbocycles. The summed E-state index contributed by atoms with van der Waals surface area (Å²) in [5.74, 6) is -0.243. The van der Waals surface area contributed by atoms with Gasteiger partial charge in [0, 0.05) is 30.6 Å². The van der Waals surface area contributed by atoms with E-state index in [2.05, 4.69) is 5.32 Å². The number of benzene rings is 1. The molecule has 20 heavy (non-hydrogen) atoms. The van der Waals surface area contributed by atoms with Crippen LogP contribution >= 0.6 is 11.6 Å². The Balaban J connectivity index is 1.95. The molecular formula is C15H19ClN2O2. The smallest absolute Gasteiger partial charge is 0.225 e. The molecule has 1 atom stereocenters. The van der Waals surface area contributed by atoms with Crippen molar-refractivity contribution in [2.24, 2.45) is 5.92 Å². The highest BCUT2D eigenvalue weighted by molar-refractivity contribution is 6.30. The molecule has 5 heteroatoms. The van der Waals surface area contributed by atoms with Gasteiger partial charge in [-0.2, -0.15) is 0 Å². The first-order chi connectivity index (χ1) is 9.45. The summed E-state index contributed by atoms with van der Waals surface area (Å²) in [6.07, 6.45) is 0.298. The fourth-order valence-corrected chi connectivity index (χ4v) is 2.44. The van der Waals surface area contributed by atoms with Gasteiger partial charge in [0.2, 0.25) is 11.8 Å². The first-order valence-corrected chi connectivity index (χ1v) is 7.16. The van der Waals surface area contributed by atoms with Crippen molar-refractivity contribution < 1.29 is 9.59 Å². The van der Waals surface area contributed by atoms with E-state index >= 15 is 0 Å². The molecule has 1 saturated heterocycles. The minimum atomic E-state index is -0.239. The van der Waals surface area contributed by atoms with E-state index in [1.165, 1.54) is 0 Å². The van der Waals surface area contributed by atoms with Crippen molar-refractivity contribution in [1.82, 2.24) is 10.2 Å². The Morgan fingerprint density at radius 1 is 1.40 bits per heavy atom. The molecule has 1 aromatic rings. The second kappa shape index (κ2) is 6.27. The Morgan fingerprint density at radius 2 is 2.05 bits per heavy atom. The van der Waals surface area contributed by atoms with Gasteiger partial charge in [0.1, 0.15) is 0 Å². The van der Waals surface area contributed by atoms with Crippen LogP contribution in [0.15, 0.2) is 24.3 Å². The normalized spacial score (nSPS) is 18.7. The summed E-state index contributed by atoms with van der Waals surface area (Å²) in [5, 5.41) is 3.54. The molecule has 1 heterocycles. The lowest BCUT2D eigenvalue weighted by molar-refractivity contribution is -0.129. The summed E-state index contributed by atoms with van der Waals surface area (Å²) in [6, 6.07) is 7.51. The van der Waals surface area contributed by atoms with Gasteiger partial charge in [-0.05, 0) is 31.5 Å². The van der Waals surface area contributed by atoms with E-state index in [0.29, 0.717) is 24.5 Å². The van der Waals surface area contributed by atoms with Crippen LogP contribution in [-0.2, 0) is 16.1 Å². The van der Waals surface area contributed by atoms with Gasteiger partial charge in [-0.25, -0.2) is 0 Å². The number of hydrogen-bond donors (Lipinski definition) is 1. The molecule has 0 aliphatic carbocycles. The van der Waals surface area contributed by atoms with Crippen LogP contribution < -0.4 is 5.32 Å². The lowest BCUT2D eigenvalue weighted by Gasteiger charge is -2.17. The van der Waals surface area contributed by atoms with Gasteiger partial charge in [0.05, 0.1) is 5.92 Å². The Kier molecular flexibility index (Phi) is 4.65. The van der Waals surface area contributed by atoms with E-state index in [0.717, 1.165) is 5.56 Å². The van der Waals surface area contributed by atoms with Gasteiger partial charge in [0.25, 0.3) is 0 Å². The van der Waals surface area contributed by atoms with Gasteiger partial charge in [0.15, 0.2) is 0 Å². The van der Waals surface area contributed by atoms with Gasteiger partial charge in [-0.15, -0.1) is 0 Å². The van der Waals surface area contributed by atoms with Crippen molar-refractivity contribution in [3.05, 3.63) is 34.9 Å². The zero-order valence-corrected chi connectivity index (χ0v) is 12.5. The van der Waals surface area contributed by atoms with E-state index in [1.807, 2.05) is 26.0 Å². The fourth-order valence-electron chi connectivity index (χ4n) is 2.31. The molecule has 0 aromatic heterocycles. The monoisotopic (exact) mass is 294 g/mol. The number of nitrogens with one attached hydrogen (secondary N) is 1. The Morgan fingerprint density at radius 3 is 2.65 bits per heavy atom. The van der Waals surface area contributed by atoms with Gasteiger partial charge in [-0.1, -0.05) is 23.7 Å². The zero-order valence-electron chi connectivity index (χ0n) is 11.7. The molecule has 1 fully saturated rings. The Hall–Kier alpha value is -1.55. The van der Waals surface area contributed by atoms with E-state index in [4.69, 9.17) is 11.6 Å². The topological polar surface area (TPSA) is 49.4 Å². The third-order valence-corrected chi connectivity index (χ3v) is 3.55. The van der Waals surface area contributed by atoms with Crippen molar-refractivity contribution >= 4 is 23.4 Å². The summed E-state index contributed by atoms with van der Waals surface area (Å²) in [7, 11) is 0. The first-order valence-electron chi connectivity index (χ1n) is 6.78. The number of halogens is 1. The van der Waals surface area contributed by atoms with Crippen molar-refractivity contribution in [1.29, 1.82) is 0 Å². The molecule has 0 saturated carbocycles. The number of carbonyl (C=O) groups is 2. The maximum Gasteiger partial charge on any atom is 0.225 e. The molecule has 4 nitrogen and oxygen atoms in total. The van der Waals surface area contributed by atoms with Crippen LogP contribution in [0.1, 0.15) is 25.8 Å². The quantitative estimate of drug-likeness (QED) is 0.925. The Bertz CT molecular complexity index is 499. The summed E-state index contributed by atoms with van der Waals surface area (Å²) in [5.41, 5.74) is 1.02. The fraction of sp³-hybridized carbons (Fsp3) is 0.467. The standard InChI is InChI=1S/C15H19ClN2O2/c1-10(2)17-15(20)12-7-14(19)18(9-12)8-11-3-5-13(16)6-4-11/h3-6,10,12H,7-9H2,1-2H3,(H,17,20).